The van der Waals surface area contributed by atoms with Crippen molar-refractivity contribution < 1.29 is 4.79 Å². The van der Waals surface area contributed by atoms with Gasteiger partial charge in [0.15, 0.2) is 0 Å². The van der Waals surface area contributed by atoms with Crippen LogP contribution in [0.1, 0.15) is 0 Å². The Kier molecular flexibility index (Phi) is 4.52. The minimum atomic E-state index is -0.216. The standard InChI is InChI=1S/C10H9Cl2N5OS/c11-5-1-6(12)3-7(2-5)14-8(18)4-19-10-15-9(13)16-17-10/h1-3H,4H2,(H,14,18)(H3,13,15,16,17). The van der Waals surface area contributed by atoms with Gasteiger partial charge >= 0.3 is 0 Å². The van der Waals surface area contributed by atoms with Crippen LogP contribution in [0.2, 0.25) is 10.0 Å². The van der Waals surface area contributed by atoms with E-state index in [0.29, 0.717) is 20.9 Å². The van der Waals surface area contributed by atoms with Crippen molar-refractivity contribution in [1.29, 1.82) is 0 Å². The molecule has 1 amide bonds. The molecule has 2 rings (SSSR count). The topological polar surface area (TPSA) is 96.7 Å². The van der Waals surface area contributed by atoms with Gasteiger partial charge in [-0.3, -0.25) is 4.79 Å². The van der Waals surface area contributed by atoms with Crippen molar-refractivity contribution in [3.8, 4) is 0 Å². The maximum Gasteiger partial charge on any atom is 0.234 e. The molecule has 100 valence electrons. The number of H-pyrrole nitrogens is 1. The van der Waals surface area contributed by atoms with Crippen LogP contribution < -0.4 is 11.1 Å². The number of hydrogen-bond acceptors (Lipinski definition) is 5. The number of nitrogens with zero attached hydrogens (tertiary/aromatic N) is 2. The van der Waals surface area contributed by atoms with E-state index in [1.165, 1.54) is 11.8 Å². The number of benzene rings is 1. The number of hydrogen-bond donors (Lipinski definition) is 3. The van der Waals surface area contributed by atoms with Crippen LogP contribution in [0.5, 0.6) is 0 Å². The van der Waals surface area contributed by atoms with Gasteiger partial charge in [-0.2, -0.15) is 4.98 Å². The highest BCUT2D eigenvalue weighted by Gasteiger charge is 2.08. The van der Waals surface area contributed by atoms with Gasteiger partial charge in [0.1, 0.15) is 0 Å². The highest BCUT2D eigenvalue weighted by atomic mass is 35.5. The lowest BCUT2D eigenvalue weighted by Crippen LogP contribution is -2.14. The summed E-state index contributed by atoms with van der Waals surface area (Å²) in [5.41, 5.74) is 5.91. The second-order valence-corrected chi connectivity index (χ2v) is 5.31. The maximum atomic E-state index is 11.7. The summed E-state index contributed by atoms with van der Waals surface area (Å²) in [6.45, 7) is 0. The van der Waals surface area contributed by atoms with Gasteiger partial charge in [0.25, 0.3) is 0 Å². The smallest absolute Gasteiger partial charge is 0.234 e. The summed E-state index contributed by atoms with van der Waals surface area (Å²) >= 11 is 12.8. The lowest BCUT2D eigenvalue weighted by Gasteiger charge is -2.05. The number of carbonyl (C=O) groups is 1. The molecule has 4 N–H and O–H groups in total. The van der Waals surface area contributed by atoms with Crippen LogP contribution in [0.4, 0.5) is 11.6 Å². The molecule has 0 fully saturated rings. The molecule has 0 saturated carbocycles. The van der Waals surface area contributed by atoms with Crippen LogP contribution in [-0.2, 0) is 4.79 Å². The molecule has 2 aromatic rings. The van der Waals surface area contributed by atoms with Gasteiger partial charge in [0, 0.05) is 15.7 Å². The van der Waals surface area contributed by atoms with Crippen molar-refractivity contribution in [2.75, 3.05) is 16.8 Å². The van der Waals surface area contributed by atoms with Gasteiger partial charge in [-0.05, 0) is 18.2 Å². The number of thioether (sulfide) groups is 1. The first kappa shape index (κ1) is 14.0. The van der Waals surface area contributed by atoms with E-state index in [1.54, 1.807) is 18.2 Å². The Balaban J connectivity index is 1.90. The van der Waals surface area contributed by atoms with Crippen LogP contribution in [0.15, 0.2) is 23.4 Å². The Hall–Kier alpha value is -1.44. The van der Waals surface area contributed by atoms with Gasteiger partial charge in [0.05, 0.1) is 5.75 Å². The van der Waals surface area contributed by atoms with Crippen molar-refractivity contribution in [2.24, 2.45) is 0 Å². The van der Waals surface area contributed by atoms with Crippen molar-refractivity contribution in [3.05, 3.63) is 28.2 Å². The third-order valence-corrected chi connectivity index (χ3v) is 3.24. The fraction of sp³-hybridized carbons (Fsp3) is 0.100. The first-order valence-electron chi connectivity index (χ1n) is 5.09. The molecule has 0 aliphatic rings. The molecule has 9 heteroatoms. The number of nitrogen functional groups attached to an aromatic ring is 1. The van der Waals surface area contributed by atoms with E-state index in [9.17, 15) is 4.79 Å². The minimum Gasteiger partial charge on any atom is -0.368 e. The summed E-state index contributed by atoms with van der Waals surface area (Å²) in [4.78, 5) is 15.6. The Morgan fingerprint density at radius 3 is 2.63 bits per heavy atom. The van der Waals surface area contributed by atoms with E-state index in [-0.39, 0.29) is 17.6 Å². The highest BCUT2D eigenvalue weighted by molar-refractivity contribution is 7.99. The first-order chi connectivity index (χ1) is 9.02. The van der Waals surface area contributed by atoms with E-state index < -0.39 is 0 Å². The average Bonchev–Trinajstić information content (AvgIpc) is 2.71. The number of anilines is 2. The molecular formula is C10H9Cl2N5OS. The molecule has 0 saturated heterocycles. The first-order valence-corrected chi connectivity index (χ1v) is 6.84. The fourth-order valence-electron chi connectivity index (χ4n) is 1.28. The zero-order valence-electron chi connectivity index (χ0n) is 9.48. The summed E-state index contributed by atoms with van der Waals surface area (Å²) in [6, 6.07) is 4.81. The second kappa shape index (κ2) is 6.14. The third kappa shape index (κ3) is 4.30. The van der Waals surface area contributed by atoms with Gasteiger partial charge in [-0.25, -0.2) is 5.10 Å². The molecule has 0 atom stereocenters. The summed E-state index contributed by atoms with van der Waals surface area (Å²) < 4.78 is 0. The Morgan fingerprint density at radius 1 is 1.37 bits per heavy atom. The molecule has 1 aromatic heterocycles. The van der Waals surface area contributed by atoms with Crippen LogP contribution in [0.25, 0.3) is 0 Å². The molecule has 0 radical (unpaired) electrons. The third-order valence-electron chi connectivity index (χ3n) is 1.96. The number of aromatic amines is 1. The van der Waals surface area contributed by atoms with Gasteiger partial charge in [-0.1, -0.05) is 35.0 Å². The van der Waals surface area contributed by atoms with E-state index in [2.05, 4.69) is 20.5 Å². The zero-order chi connectivity index (χ0) is 13.8. The van der Waals surface area contributed by atoms with Crippen molar-refractivity contribution in [2.45, 2.75) is 5.16 Å². The van der Waals surface area contributed by atoms with E-state index in [1.807, 2.05) is 0 Å². The summed E-state index contributed by atoms with van der Waals surface area (Å²) in [7, 11) is 0. The van der Waals surface area contributed by atoms with E-state index >= 15 is 0 Å². The molecule has 0 aliphatic carbocycles. The molecule has 1 aromatic carbocycles. The molecule has 19 heavy (non-hydrogen) atoms. The number of nitrogens with two attached hydrogens (primary N) is 1. The molecule has 0 bridgehead atoms. The predicted octanol–water partition coefficient (Wildman–Crippen LogP) is 2.42. The SMILES string of the molecule is Nc1nc(SCC(=O)Nc2cc(Cl)cc(Cl)c2)n[nH]1. The van der Waals surface area contributed by atoms with Crippen LogP contribution in [0.3, 0.4) is 0 Å². The Morgan fingerprint density at radius 2 is 2.05 bits per heavy atom. The van der Waals surface area contributed by atoms with Gasteiger partial charge < -0.3 is 11.1 Å². The number of amides is 1. The van der Waals surface area contributed by atoms with Crippen LogP contribution >= 0.6 is 35.0 Å². The van der Waals surface area contributed by atoms with Gasteiger partial charge in [0.2, 0.25) is 17.0 Å². The molecular weight excluding hydrogens is 309 g/mol. The van der Waals surface area contributed by atoms with E-state index in [4.69, 9.17) is 28.9 Å². The van der Waals surface area contributed by atoms with Crippen LogP contribution in [0, 0.1) is 0 Å². The maximum absolute atomic E-state index is 11.7. The highest BCUT2D eigenvalue weighted by Crippen LogP contribution is 2.22. The summed E-state index contributed by atoms with van der Waals surface area (Å²) in [5.74, 6) is 0.151. The van der Waals surface area contributed by atoms with Crippen LogP contribution in [-0.4, -0.2) is 26.8 Å². The lowest BCUT2D eigenvalue weighted by molar-refractivity contribution is -0.113. The molecule has 0 spiro atoms. The number of carbonyl (C=O) groups excluding carboxylic acids is 1. The molecule has 1 heterocycles. The van der Waals surface area contributed by atoms with Crippen molar-refractivity contribution >= 4 is 52.5 Å². The fourth-order valence-corrected chi connectivity index (χ4v) is 2.41. The number of halogens is 2. The van der Waals surface area contributed by atoms with Crippen molar-refractivity contribution in [3.63, 3.8) is 0 Å². The zero-order valence-corrected chi connectivity index (χ0v) is 11.8. The van der Waals surface area contributed by atoms with Gasteiger partial charge in [-0.15, -0.1) is 5.10 Å². The Bertz CT molecular complexity index is 583. The Labute approximate surface area is 123 Å². The second-order valence-electron chi connectivity index (χ2n) is 3.50. The normalized spacial score (nSPS) is 10.4. The predicted molar refractivity (Wildman–Crippen MR) is 76.6 cm³/mol. The largest absolute Gasteiger partial charge is 0.368 e. The number of aromatic nitrogens is 3. The van der Waals surface area contributed by atoms with E-state index in [0.717, 1.165) is 0 Å². The molecule has 6 nitrogen and oxygen atoms in total. The summed E-state index contributed by atoms with van der Waals surface area (Å²) in [6.07, 6.45) is 0. The average molecular weight is 318 g/mol. The summed E-state index contributed by atoms with van der Waals surface area (Å²) in [5, 5.41) is 10.3. The number of rotatable bonds is 4. The minimum absolute atomic E-state index is 0.154. The van der Waals surface area contributed by atoms with Crippen molar-refractivity contribution in [1.82, 2.24) is 15.2 Å². The molecule has 0 unspecified atom stereocenters. The molecule has 0 aliphatic heterocycles. The lowest BCUT2D eigenvalue weighted by atomic mass is 10.3. The monoisotopic (exact) mass is 317 g/mol. The number of nitrogens with one attached hydrogen (secondary N) is 2. The quantitative estimate of drug-likeness (QED) is 0.752.